The molecule has 1 aromatic rings. The average Bonchev–Trinajstić information content (AvgIpc) is 2.80. The molecule has 1 atom stereocenters. The van der Waals surface area contributed by atoms with E-state index in [1.807, 2.05) is 11.6 Å². The van der Waals surface area contributed by atoms with Gasteiger partial charge in [0.25, 0.3) is 0 Å². The maximum absolute atomic E-state index is 5.87. The number of hydrogen-bond donors (Lipinski definition) is 0. The fourth-order valence-electron chi connectivity index (χ4n) is 2.40. The number of rotatable bonds is 4. The third-order valence-corrected chi connectivity index (χ3v) is 3.96. The molecule has 1 unspecified atom stereocenters. The molecule has 1 saturated carbocycles. The van der Waals surface area contributed by atoms with Crippen molar-refractivity contribution in [3.63, 3.8) is 0 Å². The molecule has 84 valence electrons. The van der Waals surface area contributed by atoms with Crippen LogP contribution < -0.4 is 0 Å². The lowest BCUT2D eigenvalue weighted by atomic mass is 9.85. The molecule has 0 radical (unpaired) electrons. The van der Waals surface area contributed by atoms with Crippen molar-refractivity contribution in [1.29, 1.82) is 0 Å². The second-order valence-electron chi connectivity index (χ2n) is 4.14. The Kier molecular flexibility index (Phi) is 4.15. The summed E-state index contributed by atoms with van der Waals surface area (Å²) in [5.41, 5.74) is 0. The van der Waals surface area contributed by atoms with Crippen LogP contribution in [0.25, 0.3) is 0 Å². The molecular weight excluding hydrogens is 206 g/mol. The van der Waals surface area contributed by atoms with Crippen molar-refractivity contribution >= 4 is 11.3 Å². The van der Waals surface area contributed by atoms with Gasteiger partial charge in [-0.15, -0.1) is 11.3 Å². The number of thiazole rings is 1. The summed E-state index contributed by atoms with van der Waals surface area (Å²) in [6, 6.07) is 0. The van der Waals surface area contributed by atoms with Crippen LogP contribution in [0.2, 0.25) is 0 Å². The molecule has 0 aliphatic heterocycles. The minimum atomic E-state index is 0.260. The molecule has 1 aliphatic rings. The van der Waals surface area contributed by atoms with E-state index in [9.17, 15) is 0 Å². The van der Waals surface area contributed by atoms with Crippen molar-refractivity contribution in [2.75, 3.05) is 6.61 Å². The van der Waals surface area contributed by atoms with E-state index < -0.39 is 0 Å². The molecule has 2 rings (SSSR count). The van der Waals surface area contributed by atoms with Gasteiger partial charge >= 0.3 is 0 Å². The van der Waals surface area contributed by atoms with Crippen molar-refractivity contribution in [3.05, 3.63) is 16.6 Å². The van der Waals surface area contributed by atoms with Crippen molar-refractivity contribution in [2.45, 2.75) is 45.1 Å². The Morgan fingerprint density at radius 1 is 1.47 bits per heavy atom. The summed E-state index contributed by atoms with van der Waals surface area (Å²) in [6.07, 6.45) is 8.88. The Hall–Kier alpha value is -0.410. The summed E-state index contributed by atoms with van der Waals surface area (Å²) < 4.78 is 5.87. The molecular formula is C12H19NOS. The van der Waals surface area contributed by atoms with Crippen LogP contribution in [0.1, 0.15) is 50.1 Å². The second-order valence-corrected chi connectivity index (χ2v) is 5.07. The third-order valence-electron chi connectivity index (χ3n) is 3.12. The van der Waals surface area contributed by atoms with Gasteiger partial charge in [0.1, 0.15) is 11.1 Å². The lowest BCUT2D eigenvalue weighted by Crippen LogP contribution is -2.19. The van der Waals surface area contributed by atoms with Crippen LogP contribution >= 0.6 is 11.3 Å². The maximum atomic E-state index is 5.87. The van der Waals surface area contributed by atoms with E-state index in [-0.39, 0.29) is 6.10 Å². The van der Waals surface area contributed by atoms with Crippen LogP contribution in [-0.2, 0) is 4.74 Å². The highest BCUT2D eigenvalue weighted by Crippen LogP contribution is 2.37. The Morgan fingerprint density at radius 2 is 2.27 bits per heavy atom. The first-order chi connectivity index (χ1) is 7.42. The van der Waals surface area contributed by atoms with Crippen LogP contribution in [0.15, 0.2) is 11.6 Å². The number of hydrogen-bond acceptors (Lipinski definition) is 3. The summed E-state index contributed by atoms with van der Waals surface area (Å²) in [5, 5.41) is 3.22. The van der Waals surface area contributed by atoms with E-state index in [4.69, 9.17) is 4.74 Å². The molecule has 0 bridgehead atoms. The Balaban J connectivity index is 2.04. The Labute approximate surface area is 95.7 Å². The highest BCUT2D eigenvalue weighted by molar-refractivity contribution is 7.09. The van der Waals surface area contributed by atoms with Gasteiger partial charge in [-0.25, -0.2) is 4.98 Å². The zero-order valence-electron chi connectivity index (χ0n) is 9.32. The minimum Gasteiger partial charge on any atom is -0.371 e. The molecule has 0 saturated heterocycles. The standard InChI is InChI=1S/C12H19NOS/c1-2-14-11(12-13-8-9-15-12)10-6-4-3-5-7-10/h8-11H,2-7H2,1H3. The number of aromatic nitrogens is 1. The van der Waals surface area contributed by atoms with Crippen LogP contribution in [0, 0.1) is 5.92 Å². The molecule has 3 heteroatoms. The first kappa shape index (κ1) is 11.1. The molecule has 15 heavy (non-hydrogen) atoms. The lowest BCUT2D eigenvalue weighted by Gasteiger charge is -2.28. The molecule has 0 spiro atoms. The normalized spacial score (nSPS) is 20.3. The third kappa shape index (κ3) is 2.79. The second kappa shape index (κ2) is 5.61. The largest absolute Gasteiger partial charge is 0.371 e. The smallest absolute Gasteiger partial charge is 0.122 e. The predicted octanol–water partition coefficient (Wildman–Crippen LogP) is 3.80. The van der Waals surface area contributed by atoms with E-state index in [1.54, 1.807) is 11.3 Å². The van der Waals surface area contributed by atoms with E-state index in [1.165, 1.54) is 37.1 Å². The van der Waals surface area contributed by atoms with Gasteiger partial charge < -0.3 is 4.74 Å². The first-order valence-electron chi connectivity index (χ1n) is 5.92. The number of nitrogens with zero attached hydrogens (tertiary/aromatic N) is 1. The molecule has 1 aromatic heterocycles. The minimum absolute atomic E-state index is 0.260. The topological polar surface area (TPSA) is 22.1 Å². The maximum Gasteiger partial charge on any atom is 0.122 e. The molecule has 2 nitrogen and oxygen atoms in total. The first-order valence-corrected chi connectivity index (χ1v) is 6.80. The van der Waals surface area contributed by atoms with Gasteiger partial charge in [-0.05, 0) is 25.7 Å². The Morgan fingerprint density at radius 3 is 2.87 bits per heavy atom. The summed E-state index contributed by atoms with van der Waals surface area (Å²) in [5.74, 6) is 0.699. The van der Waals surface area contributed by atoms with Crippen LogP contribution in [-0.4, -0.2) is 11.6 Å². The molecule has 1 aliphatic carbocycles. The van der Waals surface area contributed by atoms with Crippen LogP contribution in [0.5, 0.6) is 0 Å². The molecule has 0 aromatic carbocycles. The van der Waals surface area contributed by atoms with Crippen molar-refractivity contribution in [3.8, 4) is 0 Å². The van der Waals surface area contributed by atoms with E-state index >= 15 is 0 Å². The highest BCUT2D eigenvalue weighted by Gasteiger charge is 2.27. The molecule has 1 heterocycles. The fourth-order valence-corrected chi connectivity index (χ4v) is 3.18. The van der Waals surface area contributed by atoms with Crippen molar-refractivity contribution in [2.24, 2.45) is 5.92 Å². The zero-order valence-corrected chi connectivity index (χ0v) is 10.1. The molecule has 1 fully saturated rings. The highest BCUT2D eigenvalue weighted by atomic mass is 32.1. The Bertz CT molecular complexity index is 267. The van der Waals surface area contributed by atoms with Gasteiger partial charge in [0.15, 0.2) is 0 Å². The van der Waals surface area contributed by atoms with Gasteiger partial charge in [0.05, 0.1) is 0 Å². The summed E-state index contributed by atoms with van der Waals surface area (Å²) in [7, 11) is 0. The van der Waals surface area contributed by atoms with Gasteiger partial charge in [-0.3, -0.25) is 0 Å². The number of ether oxygens (including phenoxy) is 1. The van der Waals surface area contributed by atoms with E-state index in [0.717, 1.165) is 6.61 Å². The summed E-state index contributed by atoms with van der Waals surface area (Å²) in [4.78, 5) is 4.40. The van der Waals surface area contributed by atoms with Crippen LogP contribution in [0.3, 0.4) is 0 Å². The quantitative estimate of drug-likeness (QED) is 0.777. The fraction of sp³-hybridized carbons (Fsp3) is 0.750. The zero-order chi connectivity index (χ0) is 10.5. The van der Waals surface area contributed by atoms with E-state index in [0.29, 0.717) is 5.92 Å². The molecule has 0 N–H and O–H groups in total. The monoisotopic (exact) mass is 225 g/mol. The molecule has 0 amide bonds. The SMILES string of the molecule is CCOC(c1nccs1)C1CCCCC1. The summed E-state index contributed by atoms with van der Waals surface area (Å²) in [6.45, 7) is 2.87. The lowest BCUT2D eigenvalue weighted by molar-refractivity contribution is 0.00551. The van der Waals surface area contributed by atoms with Gasteiger partial charge in [0, 0.05) is 18.2 Å². The van der Waals surface area contributed by atoms with E-state index in [2.05, 4.69) is 11.9 Å². The van der Waals surface area contributed by atoms with Gasteiger partial charge in [-0.2, -0.15) is 0 Å². The van der Waals surface area contributed by atoms with Crippen LogP contribution in [0.4, 0.5) is 0 Å². The van der Waals surface area contributed by atoms with Gasteiger partial charge in [0.2, 0.25) is 0 Å². The summed E-state index contributed by atoms with van der Waals surface area (Å²) >= 11 is 1.73. The predicted molar refractivity (Wildman–Crippen MR) is 63.1 cm³/mol. The van der Waals surface area contributed by atoms with Crippen molar-refractivity contribution in [1.82, 2.24) is 4.98 Å². The van der Waals surface area contributed by atoms with Crippen molar-refractivity contribution < 1.29 is 4.74 Å². The average molecular weight is 225 g/mol. The van der Waals surface area contributed by atoms with Gasteiger partial charge in [-0.1, -0.05) is 19.3 Å².